The van der Waals surface area contributed by atoms with Crippen molar-refractivity contribution >= 4 is 5.91 Å². The first-order valence-electron chi connectivity index (χ1n) is 3.14. The van der Waals surface area contributed by atoms with E-state index < -0.39 is 5.54 Å². The molecule has 0 aromatic carbocycles. The second kappa shape index (κ2) is 2.98. The molecule has 0 fully saturated rings. The van der Waals surface area contributed by atoms with Crippen molar-refractivity contribution in [2.75, 3.05) is 13.7 Å². The minimum absolute atomic E-state index is 0.144. The summed E-state index contributed by atoms with van der Waals surface area (Å²) in [6.45, 7) is 3.52. The molecule has 0 unspecified atom stereocenters. The first kappa shape index (κ1) is 9.39. The van der Waals surface area contributed by atoms with Crippen LogP contribution in [0, 0.1) is 0 Å². The zero-order valence-electron chi connectivity index (χ0n) is 6.72. The fourth-order valence-corrected chi connectivity index (χ4v) is 0.575. The van der Waals surface area contributed by atoms with Crippen LogP contribution >= 0.6 is 0 Å². The van der Waals surface area contributed by atoms with Gasteiger partial charge in [0.15, 0.2) is 0 Å². The molecular weight excluding hydrogens is 130 g/mol. The number of carbonyl (C=O) groups is 1. The summed E-state index contributed by atoms with van der Waals surface area (Å²) in [5, 5.41) is 0. The van der Waals surface area contributed by atoms with Gasteiger partial charge in [0.1, 0.15) is 0 Å². The summed E-state index contributed by atoms with van der Waals surface area (Å²) in [6.07, 6.45) is 0. The Labute approximate surface area is 61.2 Å². The van der Waals surface area contributed by atoms with E-state index in [1.807, 2.05) is 0 Å². The van der Waals surface area contributed by atoms with Gasteiger partial charge >= 0.3 is 0 Å². The van der Waals surface area contributed by atoms with Gasteiger partial charge in [-0.1, -0.05) is 0 Å². The lowest BCUT2D eigenvalue weighted by Gasteiger charge is -2.24. The maximum Gasteiger partial charge on any atom is 0.242 e. The third-order valence-corrected chi connectivity index (χ3v) is 1.17. The molecule has 0 saturated carbocycles. The van der Waals surface area contributed by atoms with E-state index in [9.17, 15) is 4.79 Å². The van der Waals surface area contributed by atoms with Crippen molar-refractivity contribution < 1.29 is 4.79 Å². The monoisotopic (exact) mass is 145 g/mol. The second-order valence-electron chi connectivity index (χ2n) is 2.91. The van der Waals surface area contributed by atoms with Crippen molar-refractivity contribution in [1.29, 1.82) is 0 Å². The lowest BCUT2D eigenvalue weighted by Crippen LogP contribution is -2.51. The van der Waals surface area contributed by atoms with Crippen LogP contribution in [0.15, 0.2) is 0 Å². The summed E-state index contributed by atoms with van der Waals surface area (Å²) in [7, 11) is 1.62. The molecule has 4 N–H and O–H groups in total. The molecular formula is C6H15N3O. The highest BCUT2D eigenvalue weighted by molar-refractivity contribution is 5.84. The molecule has 0 aromatic rings. The minimum Gasteiger partial charge on any atom is -0.332 e. The van der Waals surface area contributed by atoms with Gasteiger partial charge in [-0.2, -0.15) is 0 Å². The summed E-state index contributed by atoms with van der Waals surface area (Å²) in [4.78, 5) is 12.5. The summed E-state index contributed by atoms with van der Waals surface area (Å²) < 4.78 is 0. The third kappa shape index (κ3) is 2.33. The van der Waals surface area contributed by atoms with Crippen LogP contribution in [-0.2, 0) is 4.79 Å². The van der Waals surface area contributed by atoms with Crippen molar-refractivity contribution in [3.05, 3.63) is 0 Å². The number of hydrogen-bond acceptors (Lipinski definition) is 3. The smallest absolute Gasteiger partial charge is 0.242 e. The largest absolute Gasteiger partial charge is 0.332 e. The van der Waals surface area contributed by atoms with Crippen LogP contribution in [0.4, 0.5) is 0 Å². The molecule has 0 radical (unpaired) electrons. The predicted octanol–water partition coefficient (Wildman–Crippen LogP) is -0.902. The van der Waals surface area contributed by atoms with Gasteiger partial charge in [-0.05, 0) is 13.8 Å². The zero-order chi connectivity index (χ0) is 8.36. The van der Waals surface area contributed by atoms with Crippen LogP contribution in [0.2, 0.25) is 0 Å². The van der Waals surface area contributed by atoms with Crippen LogP contribution in [0.1, 0.15) is 13.8 Å². The van der Waals surface area contributed by atoms with E-state index >= 15 is 0 Å². The molecule has 0 aromatic heterocycles. The van der Waals surface area contributed by atoms with E-state index in [1.54, 1.807) is 20.9 Å². The number of likely N-dealkylation sites (N-methyl/N-ethyl adjacent to an activating group) is 1. The summed E-state index contributed by atoms with van der Waals surface area (Å²) in [6, 6.07) is 0. The Bertz CT molecular complexity index is 127. The maximum atomic E-state index is 11.1. The Kier molecular flexibility index (Phi) is 2.80. The van der Waals surface area contributed by atoms with Gasteiger partial charge in [0, 0.05) is 7.05 Å². The van der Waals surface area contributed by atoms with Gasteiger partial charge in [-0.15, -0.1) is 0 Å². The molecule has 0 aliphatic carbocycles. The Morgan fingerprint density at radius 1 is 1.60 bits per heavy atom. The molecule has 0 atom stereocenters. The summed E-state index contributed by atoms with van der Waals surface area (Å²) >= 11 is 0. The standard InChI is InChI=1S/C6H15N3O/c1-6(2,8)5(10)9(3)4-7/h4,7-8H2,1-3H3. The van der Waals surface area contributed by atoms with Crippen molar-refractivity contribution in [3.8, 4) is 0 Å². The van der Waals surface area contributed by atoms with Crippen LogP contribution < -0.4 is 11.5 Å². The number of nitrogens with two attached hydrogens (primary N) is 2. The summed E-state index contributed by atoms with van der Waals surface area (Å²) in [5.74, 6) is -0.144. The highest BCUT2D eigenvalue weighted by Crippen LogP contribution is 2.00. The molecule has 0 rings (SSSR count). The molecule has 0 bridgehead atoms. The Morgan fingerprint density at radius 3 is 2.10 bits per heavy atom. The van der Waals surface area contributed by atoms with Crippen LogP contribution in [-0.4, -0.2) is 30.1 Å². The number of amides is 1. The van der Waals surface area contributed by atoms with Gasteiger partial charge in [0.2, 0.25) is 5.91 Å². The van der Waals surface area contributed by atoms with Gasteiger partial charge in [-0.25, -0.2) is 0 Å². The highest BCUT2D eigenvalue weighted by atomic mass is 16.2. The van der Waals surface area contributed by atoms with E-state index in [2.05, 4.69) is 0 Å². The van der Waals surface area contributed by atoms with Crippen molar-refractivity contribution in [1.82, 2.24) is 4.90 Å². The van der Waals surface area contributed by atoms with E-state index in [0.29, 0.717) is 0 Å². The van der Waals surface area contributed by atoms with E-state index in [4.69, 9.17) is 11.5 Å². The SMILES string of the molecule is CN(CN)C(=O)C(C)(C)N. The topological polar surface area (TPSA) is 72.3 Å². The van der Waals surface area contributed by atoms with Crippen molar-refractivity contribution in [3.63, 3.8) is 0 Å². The van der Waals surface area contributed by atoms with E-state index in [-0.39, 0.29) is 12.6 Å². The maximum absolute atomic E-state index is 11.1. The lowest BCUT2D eigenvalue weighted by atomic mass is 10.1. The average molecular weight is 145 g/mol. The normalized spacial score (nSPS) is 11.3. The number of hydrogen-bond donors (Lipinski definition) is 2. The number of rotatable bonds is 2. The second-order valence-corrected chi connectivity index (χ2v) is 2.91. The van der Waals surface area contributed by atoms with Crippen LogP contribution in [0.5, 0.6) is 0 Å². The Balaban J connectivity index is 4.09. The highest BCUT2D eigenvalue weighted by Gasteiger charge is 2.24. The first-order chi connectivity index (χ1) is 4.39. The van der Waals surface area contributed by atoms with Crippen molar-refractivity contribution in [2.24, 2.45) is 11.5 Å². The number of nitrogens with zero attached hydrogens (tertiary/aromatic N) is 1. The fraction of sp³-hybridized carbons (Fsp3) is 0.833. The fourth-order valence-electron chi connectivity index (χ4n) is 0.575. The quantitative estimate of drug-likeness (QED) is 0.494. The molecule has 0 saturated heterocycles. The first-order valence-corrected chi connectivity index (χ1v) is 3.14. The molecule has 4 heteroatoms. The van der Waals surface area contributed by atoms with Crippen LogP contribution in [0.3, 0.4) is 0 Å². The Morgan fingerprint density at radius 2 is 2.00 bits per heavy atom. The molecule has 0 heterocycles. The van der Waals surface area contributed by atoms with E-state index in [1.165, 1.54) is 4.90 Å². The number of carbonyl (C=O) groups excluding carboxylic acids is 1. The Hall–Kier alpha value is -0.610. The van der Waals surface area contributed by atoms with Gasteiger partial charge in [0.25, 0.3) is 0 Å². The molecule has 0 spiro atoms. The molecule has 0 aliphatic rings. The van der Waals surface area contributed by atoms with Gasteiger partial charge in [-0.3, -0.25) is 4.79 Å². The molecule has 4 nitrogen and oxygen atoms in total. The van der Waals surface area contributed by atoms with Crippen molar-refractivity contribution in [2.45, 2.75) is 19.4 Å². The molecule has 0 aliphatic heterocycles. The predicted molar refractivity (Wildman–Crippen MR) is 40.1 cm³/mol. The average Bonchev–Trinajstić information content (AvgIpc) is 1.83. The molecule has 1 amide bonds. The van der Waals surface area contributed by atoms with Gasteiger partial charge < -0.3 is 16.4 Å². The minimum atomic E-state index is -0.811. The van der Waals surface area contributed by atoms with Gasteiger partial charge in [0.05, 0.1) is 12.2 Å². The lowest BCUT2D eigenvalue weighted by molar-refractivity contribution is -0.134. The van der Waals surface area contributed by atoms with E-state index in [0.717, 1.165) is 0 Å². The van der Waals surface area contributed by atoms with Crippen LogP contribution in [0.25, 0.3) is 0 Å². The molecule has 60 valence electrons. The zero-order valence-corrected chi connectivity index (χ0v) is 6.72. The summed E-state index contributed by atoms with van der Waals surface area (Å²) in [5.41, 5.74) is 9.92. The third-order valence-electron chi connectivity index (χ3n) is 1.17. The molecule has 10 heavy (non-hydrogen) atoms.